The van der Waals surface area contributed by atoms with Crippen LogP contribution in [0.4, 0.5) is 0 Å². The highest BCUT2D eigenvalue weighted by atomic mass is 79.9. The van der Waals surface area contributed by atoms with E-state index in [-0.39, 0.29) is 0 Å². The number of alkyl halides is 1. The molecule has 17 heavy (non-hydrogen) atoms. The number of hydrogen-bond acceptors (Lipinski definition) is 1. The normalized spacial score (nSPS) is 20.8. The van der Waals surface area contributed by atoms with Gasteiger partial charge in [-0.3, -0.25) is 0 Å². The van der Waals surface area contributed by atoms with E-state index in [0.717, 1.165) is 12.4 Å². The number of rotatable bonds is 3. The van der Waals surface area contributed by atoms with Crippen LogP contribution < -0.4 is 4.74 Å². The van der Waals surface area contributed by atoms with Gasteiger partial charge in [0.25, 0.3) is 0 Å². The molecule has 2 unspecified atom stereocenters. The molecule has 0 aliphatic carbocycles. The van der Waals surface area contributed by atoms with Crippen molar-refractivity contribution in [2.24, 2.45) is 5.41 Å². The number of hydrogen-bond donors (Lipinski definition) is 0. The Kier molecular flexibility index (Phi) is 3.82. The Morgan fingerprint density at radius 1 is 1.35 bits per heavy atom. The van der Waals surface area contributed by atoms with Crippen molar-refractivity contribution in [3.8, 4) is 5.75 Å². The second-order valence-corrected chi connectivity index (χ2v) is 7.06. The molecule has 0 fully saturated rings. The van der Waals surface area contributed by atoms with Gasteiger partial charge in [-0.2, -0.15) is 0 Å². The van der Waals surface area contributed by atoms with E-state index in [1.165, 1.54) is 18.4 Å². The summed E-state index contributed by atoms with van der Waals surface area (Å²) in [5.41, 5.74) is 1.72. The quantitative estimate of drug-likeness (QED) is 0.731. The van der Waals surface area contributed by atoms with Crippen molar-refractivity contribution < 1.29 is 4.74 Å². The fraction of sp³-hybridized carbons (Fsp3) is 0.600. The molecule has 94 valence electrons. The number of benzene rings is 1. The summed E-state index contributed by atoms with van der Waals surface area (Å²) >= 11 is 3.80. The number of para-hydroxylation sites is 1. The molecular weight excluding hydrogens is 276 g/mol. The van der Waals surface area contributed by atoms with Gasteiger partial charge in [0.15, 0.2) is 0 Å². The third-order valence-electron chi connectivity index (χ3n) is 3.51. The van der Waals surface area contributed by atoms with Gasteiger partial charge >= 0.3 is 0 Å². The lowest BCUT2D eigenvalue weighted by Gasteiger charge is -2.26. The van der Waals surface area contributed by atoms with Gasteiger partial charge in [-0.15, -0.1) is 0 Å². The Morgan fingerprint density at radius 2 is 2.06 bits per heavy atom. The van der Waals surface area contributed by atoms with Gasteiger partial charge < -0.3 is 4.74 Å². The van der Waals surface area contributed by atoms with Gasteiger partial charge in [-0.25, -0.2) is 0 Å². The van der Waals surface area contributed by atoms with Crippen LogP contribution in [0.15, 0.2) is 24.3 Å². The lowest BCUT2D eigenvalue weighted by molar-refractivity contribution is 0.312. The van der Waals surface area contributed by atoms with Crippen LogP contribution in [0, 0.1) is 5.41 Å². The molecule has 1 aromatic rings. The van der Waals surface area contributed by atoms with Crippen molar-refractivity contribution in [1.82, 2.24) is 0 Å². The maximum atomic E-state index is 5.71. The van der Waals surface area contributed by atoms with Crippen molar-refractivity contribution in [2.75, 3.05) is 6.61 Å². The van der Waals surface area contributed by atoms with Crippen molar-refractivity contribution in [2.45, 2.75) is 44.4 Å². The molecule has 2 rings (SSSR count). The molecule has 0 saturated heterocycles. The topological polar surface area (TPSA) is 9.23 Å². The zero-order valence-electron chi connectivity index (χ0n) is 10.9. The molecule has 1 aromatic carbocycles. The van der Waals surface area contributed by atoms with Gasteiger partial charge in [0, 0.05) is 16.3 Å². The molecule has 2 heteroatoms. The summed E-state index contributed by atoms with van der Waals surface area (Å²) in [4.78, 5) is 0.572. The molecule has 0 N–H and O–H groups in total. The molecule has 0 saturated carbocycles. The molecule has 0 spiro atoms. The van der Waals surface area contributed by atoms with E-state index in [1.54, 1.807) is 0 Å². The molecule has 2 atom stereocenters. The van der Waals surface area contributed by atoms with Gasteiger partial charge in [-0.1, -0.05) is 54.9 Å². The molecule has 0 aromatic heterocycles. The number of halogens is 1. The van der Waals surface area contributed by atoms with Crippen LogP contribution in [0.3, 0.4) is 0 Å². The van der Waals surface area contributed by atoms with Crippen LogP contribution >= 0.6 is 15.9 Å². The van der Waals surface area contributed by atoms with E-state index >= 15 is 0 Å². The Morgan fingerprint density at radius 3 is 2.76 bits per heavy atom. The van der Waals surface area contributed by atoms with Crippen LogP contribution in [-0.4, -0.2) is 11.4 Å². The second-order valence-electron chi connectivity index (χ2n) is 5.96. The zero-order chi connectivity index (χ0) is 12.5. The third-order valence-corrected chi connectivity index (χ3v) is 5.34. The molecular formula is C15H21BrO. The Labute approximate surface area is 113 Å². The first-order valence-corrected chi connectivity index (χ1v) is 7.26. The van der Waals surface area contributed by atoms with E-state index in [4.69, 9.17) is 4.74 Å². The minimum Gasteiger partial charge on any atom is -0.493 e. The molecule has 1 aliphatic heterocycles. The third kappa shape index (κ3) is 3.04. The minimum atomic E-state index is 0.332. The minimum absolute atomic E-state index is 0.332. The second kappa shape index (κ2) is 5.01. The Bertz CT molecular complexity index is 381. The van der Waals surface area contributed by atoms with E-state index in [0.29, 0.717) is 16.2 Å². The summed E-state index contributed by atoms with van der Waals surface area (Å²) in [6.45, 7) is 7.70. The summed E-state index contributed by atoms with van der Waals surface area (Å²) in [5.74, 6) is 1.66. The average molecular weight is 297 g/mol. The molecule has 0 amide bonds. The maximum absolute atomic E-state index is 5.71. The van der Waals surface area contributed by atoms with E-state index < -0.39 is 0 Å². The van der Waals surface area contributed by atoms with Crippen LogP contribution in [0.2, 0.25) is 0 Å². The van der Waals surface area contributed by atoms with E-state index in [2.05, 4.69) is 54.9 Å². The standard InChI is InChI=1S/C15H21BrO/c1-15(2,3)14(16)9-8-11-10-17-13-7-5-4-6-12(11)13/h4-7,11,14H,8-10H2,1-3H3. The smallest absolute Gasteiger partial charge is 0.122 e. The van der Waals surface area contributed by atoms with Crippen molar-refractivity contribution in [3.63, 3.8) is 0 Å². The monoisotopic (exact) mass is 296 g/mol. The highest BCUT2D eigenvalue weighted by molar-refractivity contribution is 9.09. The maximum Gasteiger partial charge on any atom is 0.122 e. The highest BCUT2D eigenvalue weighted by Gasteiger charge is 2.27. The van der Waals surface area contributed by atoms with Crippen LogP contribution in [0.25, 0.3) is 0 Å². The molecule has 0 bridgehead atoms. The van der Waals surface area contributed by atoms with Gasteiger partial charge in [0.1, 0.15) is 5.75 Å². The Hall–Kier alpha value is -0.500. The van der Waals surface area contributed by atoms with Gasteiger partial charge in [0.2, 0.25) is 0 Å². The first-order valence-electron chi connectivity index (χ1n) is 6.34. The summed E-state index contributed by atoms with van der Waals surface area (Å²) in [6, 6.07) is 8.43. The lowest BCUT2D eigenvalue weighted by Crippen LogP contribution is -2.21. The number of ether oxygens (including phenoxy) is 1. The molecule has 1 heterocycles. The van der Waals surface area contributed by atoms with E-state index in [1.807, 2.05) is 6.07 Å². The molecule has 1 nitrogen and oxygen atoms in total. The van der Waals surface area contributed by atoms with Crippen molar-refractivity contribution in [1.29, 1.82) is 0 Å². The highest BCUT2D eigenvalue weighted by Crippen LogP contribution is 2.38. The van der Waals surface area contributed by atoms with Crippen LogP contribution in [0.1, 0.15) is 45.1 Å². The van der Waals surface area contributed by atoms with Crippen LogP contribution in [0.5, 0.6) is 5.75 Å². The zero-order valence-corrected chi connectivity index (χ0v) is 12.5. The molecule has 1 aliphatic rings. The Balaban J connectivity index is 1.94. The summed E-state index contributed by atoms with van der Waals surface area (Å²) in [7, 11) is 0. The van der Waals surface area contributed by atoms with Gasteiger partial charge in [0.05, 0.1) is 6.61 Å². The first kappa shape index (κ1) is 12.9. The van der Waals surface area contributed by atoms with E-state index in [9.17, 15) is 0 Å². The lowest BCUT2D eigenvalue weighted by atomic mass is 9.86. The predicted octanol–water partition coefficient (Wildman–Crippen LogP) is 4.75. The summed E-state index contributed by atoms with van der Waals surface area (Å²) < 4.78 is 5.71. The first-order chi connectivity index (χ1) is 7.98. The van der Waals surface area contributed by atoms with Crippen LogP contribution in [-0.2, 0) is 0 Å². The summed E-state index contributed by atoms with van der Waals surface area (Å²) in [5, 5.41) is 0. The SMILES string of the molecule is CC(C)(C)C(Br)CCC1COc2ccccc21. The average Bonchev–Trinajstić information content (AvgIpc) is 2.68. The van der Waals surface area contributed by atoms with Crippen molar-refractivity contribution >= 4 is 15.9 Å². The summed E-state index contributed by atoms with van der Waals surface area (Å²) in [6.07, 6.45) is 2.40. The van der Waals surface area contributed by atoms with Crippen molar-refractivity contribution in [3.05, 3.63) is 29.8 Å². The number of fused-ring (bicyclic) bond motifs is 1. The predicted molar refractivity (Wildman–Crippen MR) is 76.1 cm³/mol. The fourth-order valence-corrected chi connectivity index (χ4v) is 2.51. The molecule has 0 radical (unpaired) electrons. The fourth-order valence-electron chi connectivity index (χ4n) is 2.25. The van der Waals surface area contributed by atoms with Gasteiger partial charge in [-0.05, 0) is 24.3 Å². The largest absolute Gasteiger partial charge is 0.493 e.